The lowest BCUT2D eigenvalue weighted by atomic mass is 10.2. The van der Waals surface area contributed by atoms with Gasteiger partial charge in [0.05, 0.1) is 18.0 Å². The van der Waals surface area contributed by atoms with E-state index in [2.05, 4.69) is 26.5 Å². The maximum absolute atomic E-state index is 11.4. The van der Waals surface area contributed by atoms with Gasteiger partial charge < -0.3 is 5.32 Å². The van der Waals surface area contributed by atoms with E-state index in [0.29, 0.717) is 16.6 Å². The largest absolute Gasteiger partial charge is 0.355 e. The molecule has 0 aliphatic carbocycles. The van der Waals surface area contributed by atoms with Crippen LogP contribution < -0.4 is 5.32 Å². The highest BCUT2D eigenvalue weighted by Crippen LogP contribution is 2.10. The zero-order valence-electron chi connectivity index (χ0n) is 7.48. The standard InChI is InChI=1S/C9H7N4O/c1-10-9(14)6-4-11-5-7-8(6)13-3-2-12-7/h2,4-5H,1H3,(H,10,14). The van der Waals surface area contributed by atoms with E-state index in [0.717, 1.165) is 0 Å². The lowest BCUT2D eigenvalue weighted by Gasteiger charge is -2.01. The van der Waals surface area contributed by atoms with E-state index in [4.69, 9.17) is 0 Å². The average Bonchev–Trinajstić information content (AvgIpc) is 2.27. The average molecular weight is 187 g/mol. The van der Waals surface area contributed by atoms with Crippen molar-refractivity contribution in [2.45, 2.75) is 0 Å². The van der Waals surface area contributed by atoms with Gasteiger partial charge in [-0.15, -0.1) is 0 Å². The summed E-state index contributed by atoms with van der Waals surface area (Å²) in [6.45, 7) is 0. The van der Waals surface area contributed by atoms with Crippen LogP contribution in [0.25, 0.3) is 11.0 Å². The van der Waals surface area contributed by atoms with Crippen molar-refractivity contribution in [3.8, 4) is 0 Å². The van der Waals surface area contributed by atoms with Crippen molar-refractivity contribution in [1.29, 1.82) is 0 Å². The van der Waals surface area contributed by atoms with Crippen LogP contribution in [0.2, 0.25) is 0 Å². The Balaban J connectivity index is 2.71. The van der Waals surface area contributed by atoms with Gasteiger partial charge in [-0.2, -0.15) is 0 Å². The van der Waals surface area contributed by atoms with Crippen LogP contribution in [0.3, 0.4) is 0 Å². The van der Waals surface area contributed by atoms with Gasteiger partial charge in [-0.25, -0.2) is 4.98 Å². The second-order valence-corrected chi connectivity index (χ2v) is 2.63. The molecule has 0 saturated heterocycles. The summed E-state index contributed by atoms with van der Waals surface area (Å²) in [5, 5.41) is 2.51. The normalized spacial score (nSPS) is 10.1. The predicted molar refractivity (Wildman–Crippen MR) is 49.6 cm³/mol. The van der Waals surface area contributed by atoms with Gasteiger partial charge in [0.1, 0.15) is 17.2 Å². The number of nitrogens with zero attached hydrogens (tertiary/aromatic N) is 3. The van der Waals surface area contributed by atoms with Gasteiger partial charge in [0.2, 0.25) is 0 Å². The topological polar surface area (TPSA) is 67.8 Å². The zero-order valence-corrected chi connectivity index (χ0v) is 7.48. The monoisotopic (exact) mass is 187 g/mol. The fourth-order valence-corrected chi connectivity index (χ4v) is 1.15. The van der Waals surface area contributed by atoms with Crippen LogP contribution in [0, 0.1) is 6.20 Å². The number of carbonyl (C=O) groups excluding carboxylic acids is 1. The second-order valence-electron chi connectivity index (χ2n) is 2.63. The molecule has 69 valence electrons. The summed E-state index contributed by atoms with van der Waals surface area (Å²) in [7, 11) is 1.56. The summed E-state index contributed by atoms with van der Waals surface area (Å²) in [5.74, 6) is -0.225. The number of pyridine rings is 1. The number of carbonyl (C=O) groups is 1. The van der Waals surface area contributed by atoms with Crippen molar-refractivity contribution in [2.24, 2.45) is 0 Å². The highest BCUT2D eigenvalue weighted by atomic mass is 16.1. The van der Waals surface area contributed by atoms with Crippen LogP contribution >= 0.6 is 0 Å². The van der Waals surface area contributed by atoms with Gasteiger partial charge in [-0.05, 0) is 0 Å². The highest BCUT2D eigenvalue weighted by Gasteiger charge is 2.09. The summed E-state index contributed by atoms with van der Waals surface area (Å²) in [5.41, 5.74) is 1.51. The first-order chi connectivity index (χ1) is 6.83. The Morgan fingerprint density at radius 3 is 3.14 bits per heavy atom. The molecule has 1 amide bonds. The van der Waals surface area contributed by atoms with Crippen LogP contribution in [-0.4, -0.2) is 27.9 Å². The van der Waals surface area contributed by atoms with Crippen molar-refractivity contribution in [2.75, 3.05) is 7.05 Å². The number of fused-ring (bicyclic) bond motifs is 1. The van der Waals surface area contributed by atoms with Crippen molar-refractivity contribution in [1.82, 2.24) is 20.3 Å². The van der Waals surface area contributed by atoms with E-state index in [1.807, 2.05) is 0 Å². The number of hydrogen-bond donors (Lipinski definition) is 1. The maximum Gasteiger partial charge on any atom is 0.254 e. The molecule has 2 aromatic rings. The van der Waals surface area contributed by atoms with Gasteiger partial charge in [-0.1, -0.05) is 0 Å². The summed E-state index contributed by atoms with van der Waals surface area (Å²) in [6.07, 6.45) is 7.05. The fraction of sp³-hybridized carbons (Fsp3) is 0.111. The van der Waals surface area contributed by atoms with Crippen molar-refractivity contribution in [3.63, 3.8) is 0 Å². The van der Waals surface area contributed by atoms with Crippen LogP contribution in [0.15, 0.2) is 18.6 Å². The van der Waals surface area contributed by atoms with Crippen LogP contribution in [0.1, 0.15) is 10.4 Å². The molecular formula is C9H7N4O. The third kappa shape index (κ3) is 1.28. The van der Waals surface area contributed by atoms with Crippen molar-refractivity contribution in [3.05, 3.63) is 30.4 Å². The zero-order chi connectivity index (χ0) is 9.97. The Morgan fingerprint density at radius 1 is 1.50 bits per heavy atom. The Labute approximate surface area is 80.2 Å². The molecule has 0 fully saturated rings. The molecule has 0 atom stereocenters. The molecule has 14 heavy (non-hydrogen) atoms. The maximum atomic E-state index is 11.4. The van der Waals surface area contributed by atoms with E-state index in [1.54, 1.807) is 13.2 Å². The Kier molecular flexibility index (Phi) is 2.06. The predicted octanol–water partition coefficient (Wildman–Crippen LogP) is 0.185. The summed E-state index contributed by atoms with van der Waals surface area (Å²) in [4.78, 5) is 23.3. The van der Waals surface area contributed by atoms with E-state index >= 15 is 0 Å². The lowest BCUT2D eigenvalue weighted by Crippen LogP contribution is -2.18. The van der Waals surface area contributed by atoms with Gasteiger partial charge in [0.25, 0.3) is 5.91 Å². The first kappa shape index (κ1) is 8.55. The van der Waals surface area contributed by atoms with E-state index in [9.17, 15) is 4.79 Å². The SMILES string of the molecule is CNC(=O)c1cncc2nc[c]nc12. The number of hydrogen-bond acceptors (Lipinski definition) is 4. The number of rotatable bonds is 1. The number of amides is 1. The molecule has 5 nitrogen and oxygen atoms in total. The second kappa shape index (κ2) is 3.37. The molecule has 0 unspecified atom stereocenters. The molecular weight excluding hydrogens is 180 g/mol. The molecule has 0 saturated carbocycles. The molecule has 1 N–H and O–H groups in total. The van der Waals surface area contributed by atoms with E-state index < -0.39 is 0 Å². The first-order valence-corrected chi connectivity index (χ1v) is 4.02. The Morgan fingerprint density at radius 2 is 2.36 bits per heavy atom. The van der Waals surface area contributed by atoms with Crippen molar-refractivity contribution >= 4 is 16.9 Å². The molecule has 0 aliphatic rings. The Bertz CT molecular complexity index is 478. The molecule has 0 spiro atoms. The number of aromatic nitrogens is 3. The first-order valence-electron chi connectivity index (χ1n) is 4.02. The molecule has 5 heteroatoms. The van der Waals surface area contributed by atoms with Gasteiger partial charge in [-0.3, -0.25) is 14.8 Å². The summed E-state index contributed by atoms with van der Waals surface area (Å²) < 4.78 is 0. The minimum Gasteiger partial charge on any atom is -0.355 e. The van der Waals surface area contributed by atoms with Gasteiger partial charge >= 0.3 is 0 Å². The quantitative estimate of drug-likeness (QED) is 0.691. The molecule has 2 rings (SSSR count). The summed E-state index contributed by atoms with van der Waals surface area (Å²) in [6, 6.07) is 0. The molecule has 0 aromatic carbocycles. The van der Waals surface area contributed by atoms with Gasteiger partial charge in [0.15, 0.2) is 0 Å². The van der Waals surface area contributed by atoms with Crippen LogP contribution in [-0.2, 0) is 0 Å². The van der Waals surface area contributed by atoms with Crippen LogP contribution in [0.4, 0.5) is 0 Å². The molecule has 2 aromatic heterocycles. The van der Waals surface area contributed by atoms with E-state index in [1.165, 1.54) is 12.4 Å². The smallest absolute Gasteiger partial charge is 0.254 e. The molecule has 1 radical (unpaired) electrons. The summed E-state index contributed by atoms with van der Waals surface area (Å²) >= 11 is 0. The fourth-order valence-electron chi connectivity index (χ4n) is 1.15. The molecule has 0 bridgehead atoms. The Hall–Kier alpha value is -2.04. The van der Waals surface area contributed by atoms with Crippen molar-refractivity contribution < 1.29 is 4.79 Å². The minimum absolute atomic E-state index is 0.225. The number of nitrogens with one attached hydrogen (secondary N) is 1. The molecule has 0 aliphatic heterocycles. The lowest BCUT2D eigenvalue weighted by molar-refractivity contribution is 0.0964. The van der Waals surface area contributed by atoms with Crippen LogP contribution in [0.5, 0.6) is 0 Å². The molecule has 2 heterocycles. The highest BCUT2D eigenvalue weighted by molar-refractivity contribution is 6.03. The van der Waals surface area contributed by atoms with Gasteiger partial charge in [0, 0.05) is 13.2 Å². The third-order valence-electron chi connectivity index (χ3n) is 1.81. The third-order valence-corrected chi connectivity index (χ3v) is 1.81. The minimum atomic E-state index is -0.225. The van der Waals surface area contributed by atoms with E-state index in [-0.39, 0.29) is 5.91 Å².